The van der Waals surface area contributed by atoms with Crippen molar-refractivity contribution in [3.63, 3.8) is 0 Å². The second kappa shape index (κ2) is 7.29. The number of ether oxygens (including phenoxy) is 3. The van der Waals surface area contributed by atoms with Crippen LogP contribution in [-0.2, 0) is 0 Å². The zero-order valence-electron chi connectivity index (χ0n) is 14.2. The minimum atomic E-state index is 0.567. The van der Waals surface area contributed by atoms with Crippen LogP contribution >= 0.6 is 11.3 Å². The molecular formula is C20H17NO3S. The molecule has 0 atom stereocenters. The predicted molar refractivity (Wildman–Crippen MR) is 99.6 cm³/mol. The summed E-state index contributed by atoms with van der Waals surface area (Å²) in [6, 6.07) is 13.6. The van der Waals surface area contributed by atoms with E-state index in [1.165, 1.54) is 0 Å². The van der Waals surface area contributed by atoms with Crippen LogP contribution in [0.4, 0.5) is 0 Å². The van der Waals surface area contributed by atoms with Crippen molar-refractivity contribution in [3.8, 4) is 45.6 Å². The maximum Gasteiger partial charge on any atom is 0.203 e. The van der Waals surface area contributed by atoms with Crippen LogP contribution in [0, 0.1) is 11.3 Å². The molecule has 0 N–H and O–H groups in total. The highest BCUT2D eigenvalue weighted by atomic mass is 32.1. The lowest BCUT2D eigenvalue weighted by molar-refractivity contribution is 0.324. The van der Waals surface area contributed by atoms with E-state index in [0.29, 0.717) is 22.8 Å². The Morgan fingerprint density at radius 2 is 1.48 bits per heavy atom. The fourth-order valence-corrected chi connectivity index (χ4v) is 3.60. The first kappa shape index (κ1) is 16.9. The van der Waals surface area contributed by atoms with Gasteiger partial charge in [0, 0.05) is 11.1 Å². The first-order valence-corrected chi connectivity index (χ1v) is 8.53. The third-order valence-electron chi connectivity index (χ3n) is 3.94. The summed E-state index contributed by atoms with van der Waals surface area (Å²) in [6.07, 6.45) is 0. The van der Waals surface area contributed by atoms with Gasteiger partial charge in [0.05, 0.1) is 33.0 Å². The lowest BCUT2D eigenvalue weighted by Gasteiger charge is -2.14. The third-order valence-corrected chi connectivity index (χ3v) is 4.68. The standard InChI is InChI=1S/C20H17NO3S/c1-22-18-8-15(9-19(23-2)20(18)24-3)17-12-25-11-16(17)14-6-4-5-13(7-14)10-21/h4-9,11-12H,1-3H3. The maximum absolute atomic E-state index is 9.15. The van der Waals surface area contributed by atoms with E-state index in [1.807, 2.05) is 30.3 Å². The molecule has 1 aromatic heterocycles. The molecule has 25 heavy (non-hydrogen) atoms. The van der Waals surface area contributed by atoms with E-state index in [-0.39, 0.29) is 0 Å². The molecule has 0 unspecified atom stereocenters. The molecule has 1 heterocycles. The molecule has 3 rings (SSSR count). The molecule has 126 valence electrons. The van der Waals surface area contributed by atoms with E-state index in [2.05, 4.69) is 16.8 Å². The average molecular weight is 351 g/mol. The quantitative estimate of drug-likeness (QED) is 0.650. The summed E-state index contributed by atoms with van der Waals surface area (Å²) < 4.78 is 16.3. The number of nitriles is 1. The summed E-state index contributed by atoms with van der Waals surface area (Å²) >= 11 is 1.61. The smallest absolute Gasteiger partial charge is 0.203 e. The fourth-order valence-electron chi connectivity index (χ4n) is 2.74. The van der Waals surface area contributed by atoms with Crippen LogP contribution in [-0.4, -0.2) is 21.3 Å². The van der Waals surface area contributed by atoms with Crippen molar-refractivity contribution in [2.24, 2.45) is 0 Å². The number of rotatable bonds is 5. The van der Waals surface area contributed by atoms with E-state index in [4.69, 9.17) is 19.5 Å². The van der Waals surface area contributed by atoms with Crippen LogP contribution in [0.25, 0.3) is 22.3 Å². The highest BCUT2D eigenvalue weighted by Crippen LogP contribution is 2.44. The first-order chi connectivity index (χ1) is 12.2. The Morgan fingerprint density at radius 1 is 0.840 bits per heavy atom. The number of methoxy groups -OCH3 is 3. The van der Waals surface area contributed by atoms with Gasteiger partial charge in [-0.1, -0.05) is 12.1 Å². The molecule has 5 heteroatoms. The topological polar surface area (TPSA) is 51.5 Å². The van der Waals surface area contributed by atoms with E-state index in [0.717, 1.165) is 22.3 Å². The molecule has 3 aromatic rings. The van der Waals surface area contributed by atoms with Gasteiger partial charge in [0.1, 0.15) is 0 Å². The van der Waals surface area contributed by atoms with Crippen LogP contribution in [0.15, 0.2) is 47.2 Å². The summed E-state index contributed by atoms with van der Waals surface area (Å²) in [5.41, 5.74) is 4.73. The Bertz CT molecular complexity index is 915. The lowest BCUT2D eigenvalue weighted by atomic mass is 9.97. The van der Waals surface area contributed by atoms with Gasteiger partial charge < -0.3 is 14.2 Å². The molecule has 0 radical (unpaired) electrons. The molecule has 4 nitrogen and oxygen atoms in total. The number of nitrogens with zero attached hydrogens (tertiary/aromatic N) is 1. The molecular weight excluding hydrogens is 334 g/mol. The van der Waals surface area contributed by atoms with Gasteiger partial charge in [-0.05, 0) is 46.2 Å². The van der Waals surface area contributed by atoms with Gasteiger partial charge in [-0.3, -0.25) is 0 Å². The fraction of sp³-hybridized carbons (Fsp3) is 0.150. The van der Waals surface area contributed by atoms with E-state index >= 15 is 0 Å². The lowest BCUT2D eigenvalue weighted by Crippen LogP contribution is -1.95. The van der Waals surface area contributed by atoms with Crippen LogP contribution in [0.3, 0.4) is 0 Å². The van der Waals surface area contributed by atoms with E-state index in [9.17, 15) is 0 Å². The van der Waals surface area contributed by atoms with Crippen molar-refractivity contribution in [2.75, 3.05) is 21.3 Å². The highest BCUT2D eigenvalue weighted by Gasteiger charge is 2.17. The second-order valence-electron chi connectivity index (χ2n) is 5.31. The molecule has 0 saturated carbocycles. The van der Waals surface area contributed by atoms with E-state index in [1.54, 1.807) is 38.7 Å². The van der Waals surface area contributed by atoms with Gasteiger partial charge in [-0.15, -0.1) is 0 Å². The van der Waals surface area contributed by atoms with Crippen molar-refractivity contribution in [2.45, 2.75) is 0 Å². The number of hydrogen-bond donors (Lipinski definition) is 0. The SMILES string of the molecule is COc1cc(-c2cscc2-c2cccc(C#N)c2)cc(OC)c1OC. The Labute approximate surface area is 150 Å². The summed E-state index contributed by atoms with van der Waals surface area (Å²) in [6.45, 7) is 0. The normalized spacial score (nSPS) is 10.2. The number of benzene rings is 2. The number of hydrogen-bond acceptors (Lipinski definition) is 5. The zero-order chi connectivity index (χ0) is 17.8. The summed E-state index contributed by atoms with van der Waals surface area (Å²) in [4.78, 5) is 0. The third kappa shape index (κ3) is 3.17. The monoisotopic (exact) mass is 351 g/mol. The van der Waals surface area contributed by atoms with Crippen molar-refractivity contribution >= 4 is 11.3 Å². The minimum absolute atomic E-state index is 0.567. The molecule has 0 fully saturated rings. The minimum Gasteiger partial charge on any atom is -0.493 e. The predicted octanol–water partition coefficient (Wildman–Crippen LogP) is 4.98. The summed E-state index contributed by atoms with van der Waals surface area (Å²) in [7, 11) is 4.79. The second-order valence-corrected chi connectivity index (χ2v) is 6.05. The van der Waals surface area contributed by atoms with Gasteiger partial charge in [-0.2, -0.15) is 16.6 Å². The van der Waals surface area contributed by atoms with Gasteiger partial charge in [-0.25, -0.2) is 0 Å². The van der Waals surface area contributed by atoms with Crippen LogP contribution in [0.5, 0.6) is 17.2 Å². The van der Waals surface area contributed by atoms with Crippen molar-refractivity contribution in [1.82, 2.24) is 0 Å². The molecule has 0 saturated heterocycles. The van der Waals surface area contributed by atoms with Gasteiger partial charge in [0.2, 0.25) is 5.75 Å². The van der Waals surface area contributed by atoms with Crippen molar-refractivity contribution in [1.29, 1.82) is 5.26 Å². The van der Waals surface area contributed by atoms with Crippen molar-refractivity contribution in [3.05, 3.63) is 52.7 Å². The number of thiophene rings is 1. The Hall–Kier alpha value is -2.97. The van der Waals surface area contributed by atoms with Gasteiger partial charge in [0.15, 0.2) is 11.5 Å². The average Bonchev–Trinajstić information content (AvgIpc) is 3.16. The van der Waals surface area contributed by atoms with Gasteiger partial charge in [0.25, 0.3) is 0 Å². The molecule has 0 aliphatic heterocycles. The molecule has 2 aromatic carbocycles. The van der Waals surface area contributed by atoms with Crippen LogP contribution in [0.1, 0.15) is 5.56 Å². The van der Waals surface area contributed by atoms with Crippen LogP contribution in [0.2, 0.25) is 0 Å². The van der Waals surface area contributed by atoms with E-state index < -0.39 is 0 Å². The maximum atomic E-state index is 9.15. The molecule has 0 amide bonds. The Kier molecular flexibility index (Phi) is 4.92. The molecule has 0 aliphatic carbocycles. The Balaban J connectivity index is 2.16. The van der Waals surface area contributed by atoms with Crippen molar-refractivity contribution < 1.29 is 14.2 Å². The summed E-state index contributed by atoms with van der Waals surface area (Å²) in [5.74, 6) is 1.79. The summed E-state index contributed by atoms with van der Waals surface area (Å²) in [5, 5.41) is 13.3. The zero-order valence-corrected chi connectivity index (χ0v) is 15.0. The highest BCUT2D eigenvalue weighted by molar-refractivity contribution is 7.08. The van der Waals surface area contributed by atoms with Crippen LogP contribution < -0.4 is 14.2 Å². The largest absolute Gasteiger partial charge is 0.493 e. The first-order valence-electron chi connectivity index (χ1n) is 7.59. The Morgan fingerprint density at radius 3 is 2.04 bits per heavy atom. The molecule has 0 spiro atoms. The van der Waals surface area contributed by atoms with Gasteiger partial charge >= 0.3 is 0 Å². The molecule has 0 bridgehead atoms. The molecule has 0 aliphatic rings.